The van der Waals surface area contributed by atoms with E-state index >= 15 is 0 Å². The van der Waals surface area contributed by atoms with Crippen LogP contribution in [0.4, 0.5) is 41.1 Å². The first-order valence-corrected chi connectivity index (χ1v) is 10.0. The monoisotopic (exact) mass is 449 g/mol. The van der Waals surface area contributed by atoms with Gasteiger partial charge in [0, 0.05) is 37.0 Å². The number of aromatic nitrogens is 2. The van der Waals surface area contributed by atoms with E-state index in [0.29, 0.717) is 48.1 Å². The number of halogens is 3. The molecular formula is C20H22F3N7O2. The SMILES string of the molecule is Cc1nc(N[C@H]2C[C@H](NC(=O)Nc3cc(F)c(F)c(F)c3)C2)nc2c1NC(=O)[C@H](C)N2C. The lowest BCUT2D eigenvalue weighted by Gasteiger charge is -2.37. The lowest BCUT2D eigenvalue weighted by Crippen LogP contribution is -2.51. The summed E-state index contributed by atoms with van der Waals surface area (Å²) in [6, 6.07) is 0.260. The Morgan fingerprint density at radius 3 is 2.47 bits per heavy atom. The zero-order chi connectivity index (χ0) is 23.2. The Bertz CT molecular complexity index is 1070. The van der Waals surface area contributed by atoms with E-state index in [2.05, 4.69) is 31.2 Å². The highest BCUT2D eigenvalue weighted by atomic mass is 19.2. The molecule has 12 heteroatoms. The zero-order valence-corrected chi connectivity index (χ0v) is 17.6. The number of carbonyl (C=O) groups excluding carboxylic acids is 2. The van der Waals surface area contributed by atoms with Gasteiger partial charge in [0.15, 0.2) is 23.3 Å². The summed E-state index contributed by atoms with van der Waals surface area (Å²) >= 11 is 0. The minimum Gasteiger partial charge on any atom is -0.351 e. The molecule has 3 amide bonds. The average molecular weight is 449 g/mol. The Labute approximate surface area is 181 Å². The molecule has 0 radical (unpaired) electrons. The van der Waals surface area contributed by atoms with Gasteiger partial charge in [0.2, 0.25) is 11.9 Å². The van der Waals surface area contributed by atoms with Crippen molar-refractivity contribution >= 4 is 35.1 Å². The number of fused-ring (bicyclic) bond motifs is 1. The van der Waals surface area contributed by atoms with Crippen LogP contribution in [0, 0.1) is 24.4 Å². The summed E-state index contributed by atoms with van der Waals surface area (Å²) in [5, 5.41) is 11.0. The molecule has 0 spiro atoms. The second kappa shape index (κ2) is 8.17. The van der Waals surface area contributed by atoms with Crippen LogP contribution in [0.25, 0.3) is 0 Å². The number of rotatable bonds is 4. The van der Waals surface area contributed by atoms with Crippen molar-refractivity contribution in [3.05, 3.63) is 35.3 Å². The number of anilines is 4. The van der Waals surface area contributed by atoms with Crippen LogP contribution < -0.4 is 26.2 Å². The normalized spacial score (nSPS) is 21.9. The minimum absolute atomic E-state index is 0.0133. The van der Waals surface area contributed by atoms with Gasteiger partial charge in [0.25, 0.3) is 0 Å². The summed E-state index contributed by atoms with van der Waals surface area (Å²) in [6.07, 6.45) is 1.17. The van der Waals surface area contributed by atoms with Crippen LogP contribution in [-0.4, -0.2) is 47.1 Å². The van der Waals surface area contributed by atoms with Crippen molar-refractivity contribution in [2.24, 2.45) is 0 Å². The molecule has 1 saturated carbocycles. The first-order valence-electron chi connectivity index (χ1n) is 10.0. The van der Waals surface area contributed by atoms with Crippen molar-refractivity contribution in [3.63, 3.8) is 0 Å². The van der Waals surface area contributed by atoms with E-state index in [9.17, 15) is 22.8 Å². The third-order valence-corrected chi connectivity index (χ3v) is 5.66. The summed E-state index contributed by atoms with van der Waals surface area (Å²) < 4.78 is 39.5. The van der Waals surface area contributed by atoms with Crippen molar-refractivity contribution in [3.8, 4) is 0 Å². The quantitative estimate of drug-likeness (QED) is 0.535. The fourth-order valence-electron chi connectivity index (χ4n) is 3.63. The molecule has 1 aliphatic carbocycles. The maximum absolute atomic E-state index is 13.3. The molecule has 1 aromatic carbocycles. The van der Waals surface area contributed by atoms with E-state index in [1.807, 2.05) is 0 Å². The Balaban J connectivity index is 1.32. The highest BCUT2D eigenvalue weighted by molar-refractivity contribution is 6.03. The molecule has 0 unspecified atom stereocenters. The van der Waals surface area contributed by atoms with Gasteiger partial charge in [0.05, 0.1) is 5.69 Å². The third kappa shape index (κ3) is 4.12. The number of urea groups is 1. The predicted octanol–water partition coefficient (Wildman–Crippen LogP) is 2.74. The molecule has 9 nitrogen and oxygen atoms in total. The Morgan fingerprint density at radius 1 is 1.16 bits per heavy atom. The molecule has 170 valence electrons. The third-order valence-electron chi connectivity index (χ3n) is 5.66. The number of hydrogen-bond donors (Lipinski definition) is 4. The topological polar surface area (TPSA) is 111 Å². The number of likely N-dealkylation sites (N-methyl/N-ethyl adjacent to an activating group) is 1. The van der Waals surface area contributed by atoms with Crippen molar-refractivity contribution in [2.45, 2.75) is 44.8 Å². The van der Waals surface area contributed by atoms with Crippen molar-refractivity contribution in [2.75, 3.05) is 27.9 Å². The molecule has 1 fully saturated rings. The van der Waals surface area contributed by atoms with Gasteiger partial charge < -0.3 is 26.2 Å². The van der Waals surface area contributed by atoms with E-state index in [0.717, 1.165) is 0 Å². The summed E-state index contributed by atoms with van der Waals surface area (Å²) in [5.74, 6) is -3.43. The molecule has 4 N–H and O–H groups in total. The molecule has 2 aromatic rings. The number of nitrogens with one attached hydrogen (secondary N) is 4. The Kier molecular flexibility index (Phi) is 5.53. The first-order chi connectivity index (χ1) is 15.1. The molecule has 32 heavy (non-hydrogen) atoms. The van der Waals surface area contributed by atoms with E-state index in [-0.39, 0.29) is 29.7 Å². The van der Waals surface area contributed by atoms with Crippen LogP contribution in [0.3, 0.4) is 0 Å². The molecule has 1 aliphatic heterocycles. The summed E-state index contributed by atoms with van der Waals surface area (Å²) in [5.41, 5.74) is 1.03. The van der Waals surface area contributed by atoms with Crippen molar-refractivity contribution in [1.29, 1.82) is 0 Å². The van der Waals surface area contributed by atoms with E-state index in [1.165, 1.54) is 0 Å². The lowest BCUT2D eigenvalue weighted by molar-refractivity contribution is -0.117. The molecular weight excluding hydrogens is 427 g/mol. The van der Waals surface area contributed by atoms with Gasteiger partial charge in [-0.15, -0.1) is 0 Å². The van der Waals surface area contributed by atoms with Gasteiger partial charge in [0.1, 0.15) is 11.7 Å². The van der Waals surface area contributed by atoms with Gasteiger partial charge in [-0.2, -0.15) is 4.98 Å². The van der Waals surface area contributed by atoms with Crippen molar-refractivity contribution < 1.29 is 22.8 Å². The van der Waals surface area contributed by atoms with Crippen molar-refractivity contribution in [1.82, 2.24) is 15.3 Å². The molecule has 1 aromatic heterocycles. The first kappa shape index (κ1) is 21.7. The smallest absolute Gasteiger partial charge is 0.319 e. The van der Waals surface area contributed by atoms with Gasteiger partial charge >= 0.3 is 6.03 Å². The maximum Gasteiger partial charge on any atom is 0.319 e. The number of nitrogens with zero attached hydrogens (tertiary/aromatic N) is 3. The summed E-state index contributed by atoms with van der Waals surface area (Å²) in [4.78, 5) is 34.7. The standard InChI is InChI=1S/C20H22F3N7O2/c1-8-16-17(30(3)9(2)18(31)28-16)29-19(24-8)25-10-4-11(5-10)26-20(32)27-12-6-13(21)15(23)14(22)7-12/h6-7,9-11H,4-5H2,1-3H3,(H,28,31)(H,24,25,29)(H2,26,27,32)/t9-,10-,11-/m0/s1. The highest BCUT2D eigenvalue weighted by Crippen LogP contribution is 2.33. The molecule has 0 bridgehead atoms. The average Bonchev–Trinajstić information content (AvgIpc) is 2.69. The lowest BCUT2D eigenvalue weighted by atomic mass is 9.87. The Hall–Kier alpha value is -3.57. The number of carbonyl (C=O) groups is 2. The predicted molar refractivity (Wildman–Crippen MR) is 112 cm³/mol. The number of aryl methyl sites for hydroxylation is 1. The van der Waals surface area contributed by atoms with Crippen LogP contribution in [0.15, 0.2) is 12.1 Å². The fourth-order valence-corrected chi connectivity index (χ4v) is 3.63. The van der Waals surface area contributed by atoms with Gasteiger partial charge in [-0.25, -0.2) is 22.9 Å². The number of benzene rings is 1. The van der Waals surface area contributed by atoms with Gasteiger partial charge in [-0.05, 0) is 26.7 Å². The van der Waals surface area contributed by atoms with Crippen LogP contribution in [0.5, 0.6) is 0 Å². The van der Waals surface area contributed by atoms with Crippen LogP contribution in [-0.2, 0) is 4.79 Å². The fraction of sp³-hybridized carbons (Fsp3) is 0.400. The van der Waals surface area contributed by atoms with Gasteiger partial charge in [-0.1, -0.05) is 0 Å². The van der Waals surface area contributed by atoms with Crippen LogP contribution >= 0.6 is 0 Å². The number of amides is 3. The van der Waals surface area contributed by atoms with Crippen LogP contribution in [0.1, 0.15) is 25.5 Å². The molecule has 2 aliphatic rings. The van der Waals surface area contributed by atoms with Crippen LogP contribution in [0.2, 0.25) is 0 Å². The largest absolute Gasteiger partial charge is 0.351 e. The number of hydrogen-bond acceptors (Lipinski definition) is 6. The van der Waals surface area contributed by atoms with E-state index < -0.39 is 23.5 Å². The minimum atomic E-state index is -1.59. The second-order valence-electron chi connectivity index (χ2n) is 7.97. The molecule has 4 rings (SSSR count). The second-order valence-corrected chi connectivity index (χ2v) is 7.97. The van der Waals surface area contributed by atoms with Gasteiger partial charge in [-0.3, -0.25) is 4.79 Å². The zero-order valence-electron chi connectivity index (χ0n) is 17.6. The highest BCUT2D eigenvalue weighted by Gasteiger charge is 2.33. The molecule has 2 heterocycles. The van der Waals surface area contributed by atoms with E-state index in [1.54, 1.807) is 25.8 Å². The van der Waals surface area contributed by atoms with E-state index in [4.69, 9.17) is 0 Å². The maximum atomic E-state index is 13.3. The molecule has 0 saturated heterocycles. The summed E-state index contributed by atoms with van der Waals surface area (Å²) in [7, 11) is 1.79. The Morgan fingerprint density at radius 2 is 1.81 bits per heavy atom. The summed E-state index contributed by atoms with van der Waals surface area (Å²) in [6.45, 7) is 3.57. The molecule has 1 atom stereocenters.